The zero-order valence-corrected chi connectivity index (χ0v) is 12.4. The van der Waals surface area contributed by atoms with Crippen LogP contribution in [0.3, 0.4) is 0 Å². The van der Waals surface area contributed by atoms with Crippen LogP contribution in [-0.2, 0) is 9.84 Å². The van der Waals surface area contributed by atoms with Crippen molar-refractivity contribution in [3.05, 3.63) is 29.8 Å². The first-order valence-corrected chi connectivity index (χ1v) is 8.58. The maximum absolute atomic E-state index is 11.7. The highest BCUT2D eigenvalue weighted by Crippen LogP contribution is 2.29. The summed E-state index contributed by atoms with van der Waals surface area (Å²) in [6.07, 6.45) is 0.873. The van der Waals surface area contributed by atoms with Crippen molar-refractivity contribution in [1.29, 1.82) is 0 Å². The number of hydrogen-bond acceptors (Lipinski definition) is 4. The molecule has 2 atom stereocenters. The molecule has 0 spiro atoms. The average Bonchev–Trinajstić information content (AvgIpc) is 2.37. The number of hydrogen-bond donors (Lipinski definition) is 1. The molecule has 0 saturated carbocycles. The van der Waals surface area contributed by atoms with Gasteiger partial charge in [0.2, 0.25) is 0 Å². The fourth-order valence-corrected chi connectivity index (χ4v) is 4.20. The SMILES string of the molecule is CC[C@H](N)c1ccccc1N1CCS(=O)(=O)CC1C. The number of rotatable bonds is 3. The van der Waals surface area contributed by atoms with Crippen LogP contribution in [-0.4, -0.2) is 32.5 Å². The van der Waals surface area contributed by atoms with Crippen LogP contribution in [0.25, 0.3) is 0 Å². The Morgan fingerprint density at radius 3 is 2.74 bits per heavy atom. The molecule has 19 heavy (non-hydrogen) atoms. The average molecular weight is 282 g/mol. The van der Waals surface area contributed by atoms with Crippen LogP contribution in [0.15, 0.2) is 24.3 Å². The van der Waals surface area contributed by atoms with Crippen LogP contribution in [0.5, 0.6) is 0 Å². The highest BCUT2D eigenvalue weighted by Gasteiger charge is 2.29. The van der Waals surface area contributed by atoms with E-state index in [-0.39, 0.29) is 23.6 Å². The van der Waals surface area contributed by atoms with Crippen molar-refractivity contribution in [1.82, 2.24) is 0 Å². The third kappa shape index (κ3) is 3.09. The summed E-state index contributed by atoms with van der Waals surface area (Å²) in [6.45, 7) is 4.58. The highest BCUT2D eigenvalue weighted by molar-refractivity contribution is 7.91. The lowest BCUT2D eigenvalue weighted by atomic mass is 10.0. The van der Waals surface area contributed by atoms with E-state index < -0.39 is 9.84 Å². The molecule has 1 saturated heterocycles. The zero-order valence-electron chi connectivity index (χ0n) is 11.5. The normalized spacial score (nSPS) is 24.2. The zero-order chi connectivity index (χ0) is 14.0. The summed E-state index contributed by atoms with van der Waals surface area (Å²) in [5.41, 5.74) is 8.35. The van der Waals surface area contributed by atoms with Crippen LogP contribution in [0, 0.1) is 0 Å². The first kappa shape index (κ1) is 14.3. The fraction of sp³-hybridized carbons (Fsp3) is 0.571. The molecule has 1 unspecified atom stereocenters. The Morgan fingerprint density at radius 2 is 2.11 bits per heavy atom. The van der Waals surface area contributed by atoms with E-state index in [4.69, 9.17) is 5.73 Å². The predicted octanol–water partition coefficient (Wildman–Crippen LogP) is 1.72. The molecule has 0 aliphatic carbocycles. The second-order valence-electron chi connectivity index (χ2n) is 5.23. The standard InChI is InChI=1S/C14H22N2O2S/c1-3-13(15)12-6-4-5-7-14(12)16-8-9-19(17,18)10-11(16)2/h4-7,11,13H,3,8-10,15H2,1-2H3/t11?,13-/m0/s1. The van der Waals surface area contributed by atoms with Gasteiger partial charge in [0.1, 0.15) is 0 Å². The Hall–Kier alpha value is -1.07. The summed E-state index contributed by atoms with van der Waals surface area (Å²) in [5.74, 6) is 0.454. The molecular weight excluding hydrogens is 260 g/mol. The highest BCUT2D eigenvalue weighted by atomic mass is 32.2. The minimum atomic E-state index is -2.88. The predicted molar refractivity (Wildman–Crippen MR) is 79.1 cm³/mol. The van der Waals surface area contributed by atoms with E-state index in [2.05, 4.69) is 11.8 Å². The number of anilines is 1. The summed E-state index contributed by atoms with van der Waals surface area (Å²) in [7, 11) is -2.88. The van der Waals surface area contributed by atoms with E-state index in [0.29, 0.717) is 6.54 Å². The number of sulfone groups is 1. The molecule has 1 fully saturated rings. The smallest absolute Gasteiger partial charge is 0.154 e. The van der Waals surface area contributed by atoms with Crippen LogP contribution >= 0.6 is 0 Å². The Kier molecular flexibility index (Phi) is 4.16. The topological polar surface area (TPSA) is 63.4 Å². The Morgan fingerprint density at radius 1 is 1.42 bits per heavy atom. The Labute approximate surface area is 115 Å². The Bertz CT molecular complexity index is 542. The summed E-state index contributed by atoms with van der Waals surface area (Å²) >= 11 is 0. The van der Waals surface area contributed by atoms with E-state index in [9.17, 15) is 8.42 Å². The van der Waals surface area contributed by atoms with E-state index >= 15 is 0 Å². The van der Waals surface area contributed by atoms with Crippen LogP contribution in [0.4, 0.5) is 5.69 Å². The molecule has 1 aromatic carbocycles. The molecule has 0 radical (unpaired) electrons. The van der Waals surface area contributed by atoms with Gasteiger partial charge < -0.3 is 10.6 Å². The number of nitrogens with two attached hydrogens (primary N) is 1. The van der Waals surface area contributed by atoms with Crippen molar-refractivity contribution >= 4 is 15.5 Å². The molecule has 4 nitrogen and oxygen atoms in total. The maximum Gasteiger partial charge on any atom is 0.154 e. The van der Waals surface area contributed by atoms with Crippen LogP contribution < -0.4 is 10.6 Å². The molecule has 106 valence electrons. The van der Waals surface area contributed by atoms with Gasteiger partial charge in [-0.05, 0) is 25.0 Å². The van der Waals surface area contributed by atoms with Gasteiger partial charge in [-0.25, -0.2) is 8.42 Å². The molecule has 0 amide bonds. The van der Waals surface area contributed by atoms with Crippen molar-refractivity contribution in [2.24, 2.45) is 5.73 Å². The molecule has 0 bridgehead atoms. The second-order valence-corrected chi connectivity index (χ2v) is 7.46. The largest absolute Gasteiger partial charge is 0.367 e. The molecule has 2 rings (SSSR count). The lowest BCUT2D eigenvalue weighted by molar-refractivity contribution is 0.566. The molecule has 1 heterocycles. The number of para-hydroxylation sites is 1. The van der Waals surface area contributed by atoms with Crippen LogP contribution in [0.2, 0.25) is 0 Å². The molecule has 2 N–H and O–H groups in total. The van der Waals surface area contributed by atoms with Gasteiger partial charge in [0.05, 0.1) is 11.5 Å². The fourth-order valence-electron chi connectivity index (χ4n) is 2.64. The van der Waals surface area contributed by atoms with E-state index in [1.807, 2.05) is 31.2 Å². The maximum atomic E-state index is 11.7. The van der Waals surface area contributed by atoms with E-state index in [1.165, 1.54) is 0 Å². The first-order valence-electron chi connectivity index (χ1n) is 6.76. The van der Waals surface area contributed by atoms with Gasteiger partial charge in [-0.3, -0.25) is 0 Å². The van der Waals surface area contributed by atoms with Gasteiger partial charge >= 0.3 is 0 Å². The summed E-state index contributed by atoms with van der Waals surface area (Å²) in [6, 6.07) is 8.06. The lowest BCUT2D eigenvalue weighted by Gasteiger charge is -2.37. The Balaban J connectivity index is 2.32. The lowest BCUT2D eigenvalue weighted by Crippen LogP contribution is -2.47. The van der Waals surface area contributed by atoms with Gasteiger partial charge in [0, 0.05) is 24.3 Å². The van der Waals surface area contributed by atoms with Crippen LogP contribution in [0.1, 0.15) is 31.9 Å². The van der Waals surface area contributed by atoms with Gasteiger partial charge in [0.15, 0.2) is 9.84 Å². The molecular formula is C14H22N2O2S. The second kappa shape index (κ2) is 5.51. The molecule has 5 heteroatoms. The first-order chi connectivity index (χ1) is 8.94. The van der Waals surface area contributed by atoms with Crippen molar-refractivity contribution in [2.75, 3.05) is 23.0 Å². The molecule has 1 aliphatic heterocycles. The van der Waals surface area contributed by atoms with Gasteiger partial charge in [0.25, 0.3) is 0 Å². The minimum absolute atomic E-state index is 0.00179. The van der Waals surface area contributed by atoms with Crippen molar-refractivity contribution < 1.29 is 8.42 Å². The summed E-state index contributed by atoms with van der Waals surface area (Å²) in [5, 5.41) is 0. The van der Waals surface area contributed by atoms with E-state index in [1.54, 1.807) is 0 Å². The molecule has 0 aromatic heterocycles. The van der Waals surface area contributed by atoms with Gasteiger partial charge in [-0.1, -0.05) is 25.1 Å². The summed E-state index contributed by atoms with van der Waals surface area (Å²) in [4.78, 5) is 2.17. The van der Waals surface area contributed by atoms with Crippen molar-refractivity contribution in [3.63, 3.8) is 0 Å². The third-order valence-electron chi connectivity index (χ3n) is 3.76. The third-order valence-corrected chi connectivity index (χ3v) is 5.55. The van der Waals surface area contributed by atoms with Gasteiger partial charge in [-0.2, -0.15) is 0 Å². The number of benzene rings is 1. The molecule has 1 aromatic rings. The van der Waals surface area contributed by atoms with Crippen molar-refractivity contribution in [2.45, 2.75) is 32.4 Å². The quantitative estimate of drug-likeness (QED) is 0.917. The number of nitrogens with zero attached hydrogens (tertiary/aromatic N) is 1. The summed E-state index contributed by atoms with van der Waals surface area (Å²) < 4.78 is 23.3. The van der Waals surface area contributed by atoms with E-state index in [0.717, 1.165) is 17.7 Å². The van der Waals surface area contributed by atoms with Crippen molar-refractivity contribution in [3.8, 4) is 0 Å². The minimum Gasteiger partial charge on any atom is -0.367 e. The molecule has 1 aliphatic rings. The van der Waals surface area contributed by atoms with Gasteiger partial charge in [-0.15, -0.1) is 0 Å². The monoisotopic (exact) mass is 282 g/mol.